The molecule has 94 heavy (non-hydrogen) atoms. The van der Waals surface area contributed by atoms with E-state index in [2.05, 4.69) is 300 Å². The van der Waals surface area contributed by atoms with E-state index in [-0.39, 0.29) is 7.43 Å². The first-order valence-corrected chi connectivity index (χ1v) is 33.1. The third kappa shape index (κ3) is 11.8. The molecule has 4 aromatic heterocycles. The van der Waals surface area contributed by atoms with E-state index in [0.29, 0.717) is 0 Å². The summed E-state index contributed by atoms with van der Waals surface area (Å²) in [5.74, 6) is 0. The molecule has 0 bridgehead atoms. The van der Waals surface area contributed by atoms with Crippen LogP contribution in [-0.2, 0) is 6.42 Å². The van der Waals surface area contributed by atoms with Gasteiger partial charge in [-0.05, 0) is 169 Å². The summed E-state index contributed by atoms with van der Waals surface area (Å²) in [6, 6.07) is 119. The van der Waals surface area contributed by atoms with Crippen LogP contribution in [0.5, 0.6) is 0 Å². The summed E-state index contributed by atoms with van der Waals surface area (Å²) in [6.07, 6.45) is 0.938. The number of anilines is 9. The lowest BCUT2D eigenvalue weighted by molar-refractivity contribution is 0.668. The van der Waals surface area contributed by atoms with Gasteiger partial charge in [0.05, 0.1) is 0 Å². The van der Waals surface area contributed by atoms with Gasteiger partial charge >= 0.3 is 0 Å². The largest absolute Gasteiger partial charge is 0.456 e. The number of rotatable bonds is 11. The number of furan rings is 2. The Morgan fingerprint density at radius 1 is 0.234 bits per heavy atom. The van der Waals surface area contributed by atoms with E-state index in [1.54, 1.807) is 11.3 Å². The summed E-state index contributed by atoms with van der Waals surface area (Å²) in [4.78, 5) is 6.93. The van der Waals surface area contributed by atoms with Crippen LogP contribution < -0.4 is 14.7 Å². The zero-order chi connectivity index (χ0) is 62.0. The molecule has 8 heteroatoms. The predicted molar refractivity (Wildman–Crippen MR) is 405 cm³/mol. The predicted octanol–water partition coefficient (Wildman–Crippen LogP) is 26.9. The quantitative estimate of drug-likeness (QED) is 0.129. The van der Waals surface area contributed by atoms with Gasteiger partial charge in [-0.1, -0.05) is 201 Å². The van der Waals surface area contributed by atoms with Gasteiger partial charge in [0.1, 0.15) is 22.3 Å². The molecule has 0 saturated heterocycles. The Morgan fingerprint density at radius 3 is 1.05 bits per heavy atom. The van der Waals surface area contributed by atoms with Crippen molar-refractivity contribution in [1.82, 2.24) is 0 Å². The Bertz CT molecular complexity index is 5560. The van der Waals surface area contributed by atoms with Crippen LogP contribution in [0.3, 0.4) is 0 Å². The molecule has 452 valence electrons. The third-order valence-corrected chi connectivity index (χ3v) is 19.5. The molecular weight excluding hydrogens is 1210 g/mol. The third-order valence-electron chi connectivity index (χ3n) is 17.0. The highest BCUT2D eigenvalue weighted by Crippen LogP contribution is 2.46. The first-order chi connectivity index (χ1) is 46.0. The summed E-state index contributed by atoms with van der Waals surface area (Å²) >= 11 is 9.81. The van der Waals surface area contributed by atoms with Crippen LogP contribution in [0.25, 0.3) is 84.2 Å². The van der Waals surface area contributed by atoms with E-state index in [0.717, 1.165) is 95.7 Å². The van der Waals surface area contributed by atoms with Gasteiger partial charge in [-0.15, -0.1) is 22.7 Å². The van der Waals surface area contributed by atoms with E-state index in [4.69, 9.17) is 20.4 Å². The van der Waals surface area contributed by atoms with Crippen LogP contribution in [0.15, 0.2) is 349 Å². The van der Waals surface area contributed by atoms with Gasteiger partial charge in [0.2, 0.25) is 0 Å². The summed E-state index contributed by atoms with van der Waals surface area (Å²) in [6.45, 7) is 0. The van der Waals surface area contributed by atoms with Crippen LogP contribution in [0.2, 0.25) is 5.02 Å². The maximum Gasteiger partial charge on any atom is 0.137 e. The summed E-state index contributed by atoms with van der Waals surface area (Å²) < 4.78 is 17.2. The van der Waals surface area contributed by atoms with Crippen LogP contribution in [0.1, 0.15) is 18.6 Å². The van der Waals surface area contributed by atoms with Crippen molar-refractivity contribution in [2.45, 2.75) is 13.8 Å². The first-order valence-electron chi connectivity index (χ1n) is 31.1. The van der Waals surface area contributed by atoms with Crippen molar-refractivity contribution in [2.75, 3.05) is 14.7 Å². The minimum Gasteiger partial charge on any atom is -0.456 e. The number of benzene rings is 14. The van der Waals surface area contributed by atoms with Gasteiger partial charge in [0, 0.05) is 124 Å². The highest BCUT2D eigenvalue weighted by atomic mass is 35.5. The van der Waals surface area contributed by atoms with E-state index in [9.17, 15) is 0 Å². The summed E-state index contributed by atoms with van der Waals surface area (Å²) in [7, 11) is 0. The Kier molecular flexibility index (Phi) is 16.5. The molecule has 18 rings (SSSR count). The molecule has 0 aliphatic heterocycles. The lowest BCUT2D eigenvalue weighted by atomic mass is 10.0. The summed E-state index contributed by atoms with van der Waals surface area (Å²) in [5.41, 5.74) is 16.4. The number of hydrogen-bond acceptors (Lipinski definition) is 7. The van der Waals surface area contributed by atoms with Gasteiger partial charge in [0.25, 0.3) is 0 Å². The minimum absolute atomic E-state index is 0. The van der Waals surface area contributed by atoms with E-state index >= 15 is 0 Å². The zero-order valence-electron chi connectivity index (χ0n) is 50.4. The second kappa shape index (κ2) is 26.2. The van der Waals surface area contributed by atoms with Crippen molar-refractivity contribution in [2.24, 2.45) is 0 Å². The van der Waals surface area contributed by atoms with Crippen LogP contribution in [-0.4, -0.2) is 0 Å². The SMILES string of the molecule is C.Clc1ccc2c(c1)sc1ccc(N(c3ccccc3)c3ccccc3)cc12.c1ccc(Cc2ccc3c(c2)oc2ccccc23)cc1.c1ccc(N(c2ccc3c(c2)oc2ccccc23)c2ccc3c(c2)sc2ccc(N(c4ccccc4)c4ccccc4)cc23)cc1. The molecular formula is C86H62ClN3O2S2. The lowest BCUT2D eigenvalue weighted by Crippen LogP contribution is -2.09. The molecule has 0 atom stereocenters. The standard InChI is InChI=1S/C42H28N2OS.C24H16ClNS.C19H14O.CH4/c1-4-12-29(13-5-1)43(30-14-6-2-7-15-30)32-22-25-41-38(26-32)37-24-21-34(28-42(37)46-41)44(31-16-8-3-9-17-31)33-20-23-36-35-18-10-11-19-39(35)45-40(36)27-33;25-17-11-13-21-22-16-20(12-14-23(22)27-24(21)15-17)26(18-7-3-1-4-8-18)19-9-5-2-6-10-19;1-2-6-14(7-3-1)12-15-10-11-17-16-8-4-5-9-18(16)20-19(17)13-15;/h1-28H;1-16H;1-11,13H,12H2;1H4. The van der Waals surface area contributed by atoms with Crippen molar-refractivity contribution in [3.8, 4) is 0 Å². The molecule has 0 N–H and O–H groups in total. The van der Waals surface area contributed by atoms with Crippen molar-refractivity contribution >= 4 is 170 Å². The fraction of sp³-hybridized carbons (Fsp3) is 0.0233. The van der Waals surface area contributed by atoms with E-state index < -0.39 is 0 Å². The van der Waals surface area contributed by atoms with Gasteiger partial charge in [-0.2, -0.15) is 0 Å². The number of hydrogen-bond donors (Lipinski definition) is 0. The fourth-order valence-corrected chi connectivity index (χ4v) is 15.2. The van der Waals surface area contributed by atoms with Gasteiger partial charge in [-0.25, -0.2) is 0 Å². The Hall–Kier alpha value is -11.2. The molecule has 5 nitrogen and oxygen atoms in total. The highest BCUT2D eigenvalue weighted by Gasteiger charge is 2.20. The maximum absolute atomic E-state index is 6.29. The molecule has 0 aliphatic carbocycles. The second-order valence-electron chi connectivity index (χ2n) is 22.9. The monoisotopic (exact) mass is 1270 g/mol. The van der Waals surface area contributed by atoms with Crippen LogP contribution in [0, 0.1) is 0 Å². The molecule has 0 fully saturated rings. The van der Waals surface area contributed by atoms with Crippen molar-refractivity contribution in [3.63, 3.8) is 0 Å². The average molecular weight is 1270 g/mol. The molecule has 18 aromatic rings. The maximum atomic E-state index is 6.29. The topological polar surface area (TPSA) is 36.0 Å². The molecule has 0 radical (unpaired) electrons. The van der Waals surface area contributed by atoms with Crippen LogP contribution in [0.4, 0.5) is 51.2 Å². The van der Waals surface area contributed by atoms with Gasteiger partial charge in [0.15, 0.2) is 0 Å². The van der Waals surface area contributed by atoms with Crippen molar-refractivity contribution < 1.29 is 8.83 Å². The zero-order valence-corrected chi connectivity index (χ0v) is 52.8. The lowest BCUT2D eigenvalue weighted by Gasteiger charge is -2.25. The molecule has 0 amide bonds. The molecule has 4 heterocycles. The number of halogens is 1. The number of nitrogens with zero attached hydrogens (tertiary/aromatic N) is 3. The van der Waals surface area contributed by atoms with Crippen molar-refractivity contribution in [1.29, 1.82) is 0 Å². The number of para-hydroxylation sites is 7. The molecule has 0 aliphatic rings. The molecule has 14 aromatic carbocycles. The fourth-order valence-electron chi connectivity index (χ4n) is 12.7. The molecule has 0 spiro atoms. The molecule has 0 unspecified atom stereocenters. The van der Waals surface area contributed by atoms with Crippen LogP contribution >= 0.6 is 34.3 Å². The Labute approximate surface area is 559 Å². The smallest absolute Gasteiger partial charge is 0.137 e. The highest BCUT2D eigenvalue weighted by molar-refractivity contribution is 7.26. The molecule has 0 saturated carbocycles. The number of thiophene rings is 2. The first kappa shape index (κ1) is 59.1. The summed E-state index contributed by atoms with van der Waals surface area (Å²) in [5, 5.41) is 10.5. The second-order valence-corrected chi connectivity index (χ2v) is 25.5. The van der Waals surface area contributed by atoms with Crippen molar-refractivity contribution in [3.05, 3.63) is 356 Å². The van der Waals surface area contributed by atoms with E-state index in [1.165, 1.54) is 62.2 Å². The Balaban J connectivity index is 0.000000128. The van der Waals surface area contributed by atoms with Gasteiger partial charge in [-0.3, -0.25) is 0 Å². The Morgan fingerprint density at radius 2 is 0.574 bits per heavy atom. The minimum atomic E-state index is 0. The average Bonchev–Trinajstić information content (AvgIpc) is 1.62. The van der Waals surface area contributed by atoms with E-state index in [1.807, 2.05) is 65.9 Å². The normalized spacial score (nSPS) is 11.2. The van der Waals surface area contributed by atoms with Gasteiger partial charge < -0.3 is 23.5 Å². The number of fused-ring (bicyclic) bond motifs is 12.